The van der Waals surface area contributed by atoms with E-state index in [-0.39, 0.29) is 5.91 Å². The van der Waals surface area contributed by atoms with Crippen molar-refractivity contribution in [1.82, 2.24) is 5.32 Å². The van der Waals surface area contributed by atoms with Crippen molar-refractivity contribution in [1.29, 1.82) is 0 Å². The summed E-state index contributed by atoms with van der Waals surface area (Å²) in [5, 5.41) is 2.27. The number of imide groups is 1. The number of nitrogens with one attached hydrogen (secondary N) is 1. The van der Waals surface area contributed by atoms with Gasteiger partial charge in [0, 0.05) is 11.1 Å². The Morgan fingerprint density at radius 2 is 1.88 bits per heavy atom. The molecule has 0 unspecified atom stereocenters. The number of carbonyl (C=O) groups excluding carboxylic acids is 2. The van der Waals surface area contributed by atoms with Gasteiger partial charge < -0.3 is 4.74 Å². The lowest BCUT2D eigenvalue weighted by molar-refractivity contribution is -0.114. The van der Waals surface area contributed by atoms with Gasteiger partial charge in [0.2, 0.25) is 0 Å². The highest BCUT2D eigenvalue weighted by Crippen LogP contribution is 2.23. The van der Waals surface area contributed by atoms with Crippen LogP contribution < -0.4 is 5.32 Å². The third-order valence-corrected chi connectivity index (χ3v) is 2.30. The molecule has 0 fully saturated rings. The van der Waals surface area contributed by atoms with Gasteiger partial charge in [-0.2, -0.15) is 0 Å². The van der Waals surface area contributed by atoms with Crippen LogP contribution in [0.2, 0.25) is 0 Å². The average Bonchev–Trinajstić information content (AvgIpc) is 2.29. The van der Waals surface area contributed by atoms with Crippen molar-refractivity contribution in [3.63, 3.8) is 0 Å². The Morgan fingerprint density at radius 3 is 2.56 bits per heavy atom. The summed E-state index contributed by atoms with van der Waals surface area (Å²) in [7, 11) is 0. The average molecular weight is 217 g/mol. The van der Waals surface area contributed by atoms with Crippen LogP contribution in [-0.2, 0) is 9.53 Å². The minimum Gasteiger partial charge on any atom is -0.501 e. The van der Waals surface area contributed by atoms with Gasteiger partial charge in [-0.25, -0.2) is 0 Å². The first-order valence-electron chi connectivity index (χ1n) is 5.01. The summed E-state index contributed by atoms with van der Waals surface area (Å²) < 4.78 is 5.10. The predicted molar refractivity (Wildman–Crippen MR) is 58.5 cm³/mol. The third-order valence-electron chi connectivity index (χ3n) is 2.30. The van der Waals surface area contributed by atoms with Gasteiger partial charge in [0.25, 0.3) is 11.8 Å². The number of benzene rings is 1. The van der Waals surface area contributed by atoms with Crippen molar-refractivity contribution in [3.8, 4) is 0 Å². The number of fused-ring (bicyclic) bond motifs is 1. The zero-order chi connectivity index (χ0) is 11.5. The minimum atomic E-state index is -0.419. The molecule has 1 aromatic rings. The summed E-state index contributed by atoms with van der Waals surface area (Å²) in [5.74, 6) is -0.786. The van der Waals surface area contributed by atoms with E-state index in [0.717, 1.165) is 0 Å². The second-order valence-electron chi connectivity index (χ2n) is 3.32. The van der Waals surface area contributed by atoms with E-state index in [4.69, 9.17) is 4.74 Å². The molecule has 4 heteroatoms. The van der Waals surface area contributed by atoms with E-state index in [9.17, 15) is 9.59 Å². The molecule has 82 valence electrons. The maximum absolute atomic E-state index is 11.6. The molecule has 0 atom stereocenters. The Balaban J connectivity index is 2.51. The number of amides is 2. The van der Waals surface area contributed by atoms with Crippen LogP contribution >= 0.6 is 0 Å². The molecule has 4 nitrogen and oxygen atoms in total. The van der Waals surface area contributed by atoms with Crippen LogP contribution in [0.3, 0.4) is 0 Å². The first-order valence-corrected chi connectivity index (χ1v) is 5.01. The fourth-order valence-electron chi connectivity index (χ4n) is 1.56. The van der Waals surface area contributed by atoms with Gasteiger partial charge in [-0.05, 0) is 13.0 Å². The molecule has 0 saturated carbocycles. The SMILES string of the molecule is CCO/C=C1/C(=O)NC(=O)c2ccccc21. The van der Waals surface area contributed by atoms with Crippen LogP contribution in [-0.4, -0.2) is 18.4 Å². The molecule has 1 aromatic carbocycles. The van der Waals surface area contributed by atoms with Gasteiger partial charge >= 0.3 is 0 Å². The normalized spacial score (nSPS) is 16.9. The highest BCUT2D eigenvalue weighted by molar-refractivity contribution is 6.30. The zero-order valence-electron chi connectivity index (χ0n) is 8.82. The lowest BCUT2D eigenvalue weighted by Gasteiger charge is -2.17. The highest BCUT2D eigenvalue weighted by atomic mass is 16.5. The fourth-order valence-corrected chi connectivity index (χ4v) is 1.56. The fraction of sp³-hybridized carbons (Fsp3) is 0.167. The zero-order valence-corrected chi connectivity index (χ0v) is 8.82. The van der Waals surface area contributed by atoms with Crippen LogP contribution in [0.25, 0.3) is 5.57 Å². The number of ether oxygens (including phenoxy) is 1. The lowest BCUT2D eigenvalue weighted by Crippen LogP contribution is -2.36. The molecule has 0 aromatic heterocycles. The molecule has 1 aliphatic rings. The largest absolute Gasteiger partial charge is 0.501 e. The Morgan fingerprint density at radius 1 is 1.19 bits per heavy atom. The topological polar surface area (TPSA) is 55.4 Å². The third kappa shape index (κ3) is 1.69. The summed E-state index contributed by atoms with van der Waals surface area (Å²) in [6.45, 7) is 2.31. The van der Waals surface area contributed by atoms with E-state index < -0.39 is 5.91 Å². The number of rotatable bonds is 2. The van der Waals surface area contributed by atoms with Crippen LogP contribution in [0.15, 0.2) is 30.5 Å². The highest BCUT2D eigenvalue weighted by Gasteiger charge is 2.26. The van der Waals surface area contributed by atoms with Gasteiger partial charge in [0.1, 0.15) is 0 Å². The Hall–Kier alpha value is -2.10. The molecule has 0 saturated heterocycles. The molecule has 0 bridgehead atoms. The van der Waals surface area contributed by atoms with Crippen molar-refractivity contribution < 1.29 is 14.3 Å². The maximum Gasteiger partial charge on any atom is 0.261 e. The summed E-state index contributed by atoms with van der Waals surface area (Å²) in [6.07, 6.45) is 1.39. The van der Waals surface area contributed by atoms with Crippen molar-refractivity contribution in [2.75, 3.05) is 6.61 Å². The van der Waals surface area contributed by atoms with Crippen LogP contribution in [0.1, 0.15) is 22.8 Å². The number of carbonyl (C=O) groups is 2. The molecule has 1 aliphatic heterocycles. The van der Waals surface area contributed by atoms with Gasteiger partial charge in [0.05, 0.1) is 18.4 Å². The summed E-state index contributed by atoms with van der Waals surface area (Å²) in [6, 6.07) is 6.95. The minimum absolute atomic E-state index is 0.366. The summed E-state index contributed by atoms with van der Waals surface area (Å²) in [4.78, 5) is 23.1. The van der Waals surface area contributed by atoms with E-state index in [1.807, 2.05) is 6.92 Å². The molecule has 1 heterocycles. The molecular weight excluding hydrogens is 206 g/mol. The Kier molecular flexibility index (Phi) is 2.72. The van der Waals surface area contributed by atoms with E-state index in [1.165, 1.54) is 6.26 Å². The summed E-state index contributed by atoms with van der Waals surface area (Å²) >= 11 is 0. The van der Waals surface area contributed by atoms with Crippen LogP contribution in [0.5, 0.6) is 0 Å². The van der Waals surface area contributed by atoms with Crippen molar-refractivity contribution in [3.05, 3.63) is 41.7 Å². The van der Waals surface area contributed by atoms with Crippen molar-refractivity contribution in [2.24, 2.45) is 0 Å². The van der Waals surface area contributed by atoms with Gasteiger partial charge in [-0.3, -0.25) is 14.9 Å². The van der Waals surface area contributed by atoms with E-state index in [2.05, 4.69) is 5.32 Å². The first kappa shape index (κ1) is 10.4. The predicted octanol–water partition coefficient (Wildman–Crippen LogP) is 1.33. The Labute approximate surface area is 92.9 Å². The van der Waals surface area contributed by atoms with E-state index in [0.29, 0.717) is 23.3 Å². The lowest BCUT2D eigenvalue weighted by atomic mass is 9.96. The van der Waals surface area contributed by atoms with Crippen molar-refractivity contribution in [2.45, 2.75) is 6.92 Å². The standard InChI is InChI=1S/C12H11NO3/c1-2-16-7-10-8-5-3-4-6-9(8)11(14)13-12(10)15/h3-7H,2H2,1H3,(H,13,14,15)/b10-7+. The first-order chi connectivity index (χ1) is 7.74. The van der Waals surface area contributed by atoms with Gasteiger partial charge in [0.15, 0.2) is 0 Å². The molecule has 2 rings (SSSR count). The quantitative estimate of drug-likeness (QED) is 0.462. The molecule has 0 radical (unpaired) electrons. The number of hydrogen-bond acceptors (Lipinski definition) is 3. The van der Waals surface area contributed by atoms with Gasteiger partial charge in [-0.15, -0.1) is 0 Å². The van der Waals surface area contributed by atoms with Crippen LogP contribution in [0.4, 0.5) is 0 Å². The smallest absolute Gasteiger partial charge is 0.261 e. The maximum atomic E-state index is 11.6. The molecule has 2 amide bonds. The Bertz CT molecular complexity index is 477. The van der Waals surface area contributed by atoms with E-state index >= 15 is 0 Å². The second kappa shape index (κ2) is 4.18. The molecule has 16 heavy (non-hydrogen) atoms. The molecule has 0 spiro atoms. The van der Waals surface area contributed by atoms with Crippen LogP contribution in [0, 0.1) is 0 Å². The molecular formula is C12H11NO3. The van der Waals surface area contributed by atoms with E-state index in [1.54, 1.807) is 24.3 Å². The second-order valence-corrected chi connectivity index (χ2v) is 3.32. The number of hydrogen-bond donors (Lipinski definition) is 1. The van der Waals surface area contributed by atoms with Gasteiger partial charge in [-0.1, -0.05) is 18.2 Å². The summed E-state index contributed by atoms with van der Waals surface area (Å²) in [5.41, 5.74) is 1.50. The molecule has 1 N–H and O–H groups in total. The monoisotopic (exact) mass is 217 g/mol. The molecule has 0 aliphatic carbocycles. The van der Waals surface area contributed by atoms with Crippen molar-refractivity contribution >= 4 is 17.4 Å².